The Kier molecular flexibility index (Phi) is 4.78. The molecule has 0 aliphatic heterocycles. The quantitative estimate of drug-likeness (QED) is 0.397. The molecule has 2 aromatic heterocycles. The lowest BCUT2D eigenvalue weighted by molar-refractivity contribution is 0.183. The molecule has 0 spiro atoms. The number of amides is 1. The number of nitrogens with zero attached hydrogens (tertiary/aromatic N) is 3. The van der Waals surface area contributed by atoms with Gasteiger partial charge in [-0.2, -0.15) is 5.10 Å². The van der Waals surface area contributed by atoms with Gasteiger partial charge in [-0.3, -0.25) is 5.10 Å². The predicted octanol–water partition coefficient (Wildman–Crippen LogP) is 4.08. The van der Waals surface area contributed by atoms with Gasteiger partial charge in [-0.25, -0.2) is 19.2 Å². The lowest BCUT2D eigenvalue weighted by Gasteiger charge is -2.29. The first-order chi connectivity index (χ1) is 14.3. The minimum atomic E-state index is -1.32. The summed E-state index contributed by atoms with van der Waals surface area (Å²) in [4.78, 5) is 20.8. The monoisotopic (exact) mass is 406 g/mol. The Morgan fingerprint density at radius 2 is 1.87 bits per heavy atom. The van der Waals surface area contributed by atoms with Gasteiger partial charge in [0.25, 0.3) is 0 Å². The fourth-order valence-electron chi connectivity index (χ4n) is 3.25. The van der Waals surface area contributed by atoms with Crippen molar-refractivity contribution in [2.24, 2.45) is 0 Å². The van der Waals surface area contributed by atoms with Crippen molar-refractivity contribution in [2.45, 2.75) is 19.4 Å². The Hall–Kier alpha value is -4.01. The van der Waals surface area contributed by atoms with Crippen molar-refractivity contribution >= 4 is 28.6 Å². The first-order valence-electron chi connectivity index (χ1n) is 9.18. The average molecular weight is 406 g/mol. The Balaban J connectivity index is 1.90. The number of carboxylic acid groups (broad SMARTS) is 1. The first-order valence-corrected chi connectivity index (χ1v) is 9.18. The first kappa shape index (κ1) is 19.3. The molecule has 1 unspecified atom stereocenters. The second-order valence-electron chi connectivity index (χ2n) is 7.04. The molecule has 4 aromatic rings. The van der Waals surface area contributed by atoms with Crippen LogP contribution in [-0.2, 0) is 5.54 Å². The lowest BCUT2D eigenvalue weighted by atomic mass is 9.90. The van der Waals surface area contributed by atoms with Gasteiger partial charge >= 0.3 is 6.09 Å². The predicted molar refractivity (Wildman–Crippen MR) is 110 cm³/mol. The summed E-state index contributed by atoms with van der Waals surface area (Å²) >= 11 is 0. The molecule has 4 rings (SSSR count). The van der Waals surface area contributed by atoms with E-state index in [4.69, 9.17) is 0 Å². The molecule has 30 heavy (non-hydrogen) atoms. The summed E-state index contributed by atoms with van der Waals surface area (Å²) in [6.07, 6.45) is -1.25. The molecule has 0 saturated carbocycles. The number of benzene rings is 2. The van der Waals surface area contributed by atoms with E-state index in [0.717, 1.165) is 11.1 Å². The van der Waals surface area contributed by atoms with E-state index < -0.39 is 17.4 Å². The normalized spacial score (nSPS) is 13.0. The average Bonchev–Trinajstić information content (AvgIpc) is 3.12. The van der Waals surface area contributed by atoms with E-state index in [1.165, 1.54) is 24.3 Å². The zero-order valence-corrected chi connectivity index (χ0v) is 16.3. The van der Waals surface area contributed by atoms with Crippen molar-refractivity contribution in [1.82, 2.24) is 25.5 Å². The van der Waals surface area contributed by atoms with Crippen molar-refractivity contribution < 1.29 is 14.3 Å². The van der Waals surface area contributed by atoms with Gasteiger partial charge in [-0.1, -0.05) is 24.3 Å². The van der Waals surface area contributed by atoms with Crippen molar-refractivity contribution in [1.29, 1.82) is 0 Å². The van der Waals surface area contributed by atoms with Crippen molar-refractivity contribution in [2.75, 3.05) is 5.32 Å². The highest BCUT2D eigenvalue weighted by Gasteiger charge is 2.35. The maximum Gasteiger partial charge on any atom is 0.405 e. The third-order valence-corrected chi connectivity index (χ3v) is 4.78. The molecular weight excluding hydrogens is 387 g/mol. The molecule has 9 heteroatoms. The maximum absolute atomic E-state index is 13.5. The number of nitrogens with one attached hydrogen (secondary N) is 3. The number of halogens is 1. The molecular formula is C21H19FN6O2. The van der Waals surface area contributed by atoms with Crippen LogP contribution in [0.1, 0.15) is 24.0 Å². The van der Waals surface area contributed by atoms with E-state index >= 15 is 0 Å². The maximum atomic E-state index is 13.5. The molecule has 0 radical (unpaired) electrons. The van der Waals surface area contributed by atoms with Gasteiger partial charge < -0.3 is 15.7 Å². The van der Waals surface area contributed by atoms with E-state index in [9.17, 15) is 14.3 Å². The van der Waals surface area contributed by atoms with Gasteiger partial charge in [0.05, 0.1) is 5.52 Å². The van der Waals surface area contributed by atoms with Gasteiger partial charge in [0.2, 0.25) is 0 Å². The number of H-pyrrole nitrogens is 1. The number of aryl methyl sites for hydroxylation is 1. The van der Waals surface area contributed by atoms with Gasteiger partial charge in [0.1, 0.15) is 17.2 Å². The minimum absolute atomic E-state index is 0.213. The van der Waals surface area contributed by atoms with Crippen LogP contribution < -0.4 is 10.6 Å². The summed E-state index contributed by atoms with van der Waals surface area (Å²) in [6.45, 7) is 3.52. The minimum Gasteiger partial charge on any atom is -0.465 e. The van der Waals surface area contributed by atoms with E-state index in [0.29, 0.717) is 22.7 Å². The van der Waals surface area contributed by atoms with Gasteiger partial charge in [0, 0.05) is 17.1 Å². The summed E-state index contributed by atoms with van der Waals surface area (Å²) < 4.78 is 13.5. The SMILES string of the molecule is Cc1cc(Nc2nc(C(C)(NC(=O)O)c3ccc(F)cc3)nc3ccccc23)n[nH]1. The second-order valence-corrected chi connectivity index (χ2v) is 7.04. The Morgan fingerprint density at radius 1 is 1.13 bits per heavy atom. The van der Waals surface area contributed by atoms with Crippen molar-refractivity contribution in [3.63, 3.8) is 0 Å². The molecule has 1 amide bonds. The third-order valence-electron chi connectivity index (χ3n) is 4.78. The molecule has 0 saturated heterocycles. The summed E-state index contributed by atoms with van der Waals surface area (Å²) in [7, 11) is 0. The van der Waals surface area contributed by atoms with Crippen LogP contribution in [0.25, 0.3) is 10.9 Å². The van der Waals surface area contributed by atoms with Crippen molar-refractivity contribution in [3.8, 4) is 0 Å². The molecule has 0 fully saturated rings. The molecule has 2 heterocycles. The molecule has 152 valence electrons. The van der Waals surface area contributed by atoms with E-state index in [1.54, 1.807) is 6.92 Å². The fraction of sp³-hybridized carbons (Fsp3) is 0.143. The number of aromatic amines is 1. The van der Waals surface area contributed by atoms with Crippen LogP contribution in [0.3, 0.4) is 0 Å². The van der Waals surface area contributed by atoms with Crippen LogP contribution in [-0.4, -0.2) is 31.4 Å². The number of carbonyl (C=O) groups is 1. The molecule has 4 N–H and O–H groups in total. The third kappa shape index (κ3) is 3.64. The van der Waals surface area contributed by atoms with Gasteiger partial charge in [0.15, 0.2) is 11.6 Å². The summed E-state index contributed by atoms with van der Waals surface area (Å²) in [5, 5.41) is 22.9. The van der Waals surface area contributed by atoms with E-state index in [2.05, 4.69) is 30.8 Å². The van der Waals surface area contributed by atoms with E-state index in [-0.39, 0.29) is 5.82 Å². The number of fused-ring (bicyclic) bond motifs is 1. The zero-order chi connectivity index (χ0) is 21.3. The zero-order valence-electron chi connectivity index (χ0n) is 16.3. The largest absolute Gasteiger partial charge is 0.465 e. The van der Waals surface area contributed by atoms with Crippen LogP contribution in [0, 0.1) is 12.7 Å². The van der Waals surface area contributed by atoms with E-state index in [1.807, 2.05) is 37.3 Å². The lowest BCUT2D eigenvalue weighted by Crippen LogP contribution is -2.45. The molecule has 1 atom stereocenters. The number of anilines is 2. The fourth-order valence-corrected chi connectivity index (χ4v) is 3.25. The number of aromatic nitrogens is 4. The van der Waals surface area contributed by atoms with Crippen LogP contribution in [0.4, 0.5) is 20.8 Å². The van der Waals surface area contributed by atoms with Crippen LogP contribution in [0.2, 0.25) is 0 Å². The molecule has 0 aliphatic rings. The van der Waals surface area contributed by atoms with Crippen LogP contribution in [0.5, 0.6) is 0 Å². The highest BCUT2D eigenvalue weighted by Crippen LogP contribution is 2.31. The number of para-hydroxylation sites is 1. The topological polar surface area (TPSA) is 116 Å². The highest BCUT2D eigenvalue weighted by molar-refractivity contribution is 5.90. The standard InChI is InChI=1S/C21H19FN6O2/c1-12-11-17(28-27-12)24-18-15-5-3-4-6-16(15)23-19(25-18)21(2,26-20(29)30)13-7-9-14(22)10-8-13/h3-11,26H,1-2H3,(H,29,30)(H2,23,24,25,27,28). The summed E-state index contributed by atoms with van der Waals surface area (Å²) in [5.74, 6) is 0.830. The Labute approximate surface area is 171 Å². The number of rotatable bonds is 5. The summed E-state index contributed by atoms with van der Waals surface area (Å²) in [6, 6.07) is 14.7. The van der Waals surface area contributed by atoms with Crippen LogP contribution >= 0.6 is 0 Å². The smallest absolute Gasteiger partial charge is 0.405 e. The van der Waals surface area contributed by atoms with Crippen molar-refractivity contribution in [3.05, 3.63) is 77.5 Å². The Morgan fingerprint density at radius 3 is 2.53 bits per heavy atom. The molecule has 2 aromatic carbocycles. The van der Waals surface area contributed by atoms with Gasteiger partial charge in [-0.15, -0.1) is 0 Å². The Bertz CT molecular complexity index is 1220. The molecule has 0 aliphatic carbocycles. The molecule has 8 nitrogen and oxygen atoms in total. The summed E-state index contributed by atoms with van der Waals surface area (Å²) in [5.41, 5.74) is 0.683. The van der Waals surface area contributed by atoms with Crippen LogP contribution in [0.15, 0.2) is 54.6 Å². The number of hydrogen-bond donors (Lipinski definition) is 4. The molecule has 0 bridgehead atoms. The number of hydrogen-bond acceptors (Lipinski definition) is 5. The second kappa shape index (κ2) is 7.43. The highest BCUT2D eigenvalue weighted by atomic mass is 19.1. The van der Waals surface area contributed by atoms with Gasteiger partial charge in [-0.05, 0) is 43.7 Å².